The van der Waals surface area contributed by atoms with Crippen LogP contribution >= 0.6 is 27.7 Å². The lowest BCUT2D eigenvalue weighted by atomic mass is 10.3. The number of hydrogen-bond acceptors (Lipinski definition) is 5. The van der Waals surface area contributed by atoms with E-state index in [4.69, 9.17) is 9.84 Å². The van der Waals surface area contributed by atoms with Crippen molar-refractivity contribution in [2.24, 2.45) is 0 Å². The Balaban J connectivity index is 2.49. The van der Waals surface area contributed by atoms with Crippen LogP contribution in [0.2, 0.25) is 0 Å². The molecule has 0 unspecified atom stereocenters. The molecule has 0 radical (unpaired) electrons. The van der Waals surface area contributed by atoms with Gasteiger partial charge in [-0.25, -0.2) is 0 Å². The van der Waals surface area contributed by atoms with Crippen LogP contribution in [-0.4, -0.2) is 33.5 Å². The van der Waals surface area contributed by atoms with Gasteiger partial charge in [-0.15, -0.1) is 0 Å². The molecule has 0 fully saturated rings. The maximum absolute atomic E-state index is 11.4. The van der Waals surface area contributed by atoms with Crippen molar-refractivity contribution in [3.05, 3.63) is 45.3 Å². The predicted octanol–water partition coefficient (Wildman–Crippen LogP) is 2.18. The van der Waals surface area contributed by atoms with Gasteiger partial charge in [-0.1, -0.05) is 27.7 Å². The van der Waals surface area contributed by atoms with Crippen LogP contribution in [0, 0.1) is 0 Å². The van der Waals surface area contributed by atoms with Gasteiger partial charge < -0.3 is 9.84 Å². The molecule has 110 valence electrons. The van der Waals surface area contributed by atoms with Crippen molar-refractivity contribution in [2.75, 3.05) is 12.9 Å². The quantitative estimate of drug-likeness (QED) is 0.641. The maximum atomic E-state index is 11.4. The van der Waals surface area contributed by atoms with Gasteiger partial charge in [-0.3, -0.25) is 14.2 Å². The average Bonchev–Trinajstić information content (AvgIpc) is 2.44. The van der Waals surface area contributed by atoms with E-state index < -0.39 is 11.5 Å². The summed E-state index contributed by atoms with van der Waals surface area (Å²) in [5.41, 5.74) is 0.294. The molecule has 6 nitrogen and oxygen atoms in total. The van der Waals surface area contributed by atoms with Crippen molar-refractivity contribution in [1.29, 1.82) is 0 Å². The van der Waals surface area contributed by atoms with Crippen molar-refractivity contribution in [1.82, 2.24) is 9.55 Å². The molecule has 1 heterocycles. The molecule has 0 spiro atoms. The predicted molar refractivity (Wildman–Crippen MR) is 82.4 cm³/mol. The first kappa shape index (κ1) is 15.6. The number of carboxylic acid groups (broad SMARTS) is 1. The lowest BCUT2D eigenvalue weighted by molar-refractivity contribution is -0.133. The highest BCUT2D eigenvalue weighted by atomic mass is 79.9. The van der Waals surface area contributed by atoms with Crippen molar-refractivity contribution < 1.29 is 14.6 Å². The van der Waals surface area contributed by atoms with Gasteiger partial charge in [0.25, 0.3) is 5.56 Å². The number of benzene rings is 1. The summed E-state index contributed by atoms with van der Waals surface area (Å²) in [4.78, 5) is 25.9. The number of carbonyl (C=O) groups is 1. The molecule has 8 heteroatoms. The smallest absolute Gasteiger partial charge is 0.313 e. The fourth-order valence-corrected chi connectivity index (χ4v) is 2.79. The van der Waals surface area contributed by atoms with Crippen LogP contribution < -0.4 is 10.3 Å². The number of aliphatic carboxylic acids is 1. The highest BCUT2D eigenvalue weighted by Gasteiger charge is 2.10. The third kappa shape index (κ3) is 4.08. The number of nitrogens with zero attached hydrogens (tertiary/aromatic N) is 2. The van der Waals surface area contributed by atoms with E-state index >= 15 is 0 Å². The van der Waals surface area contributed by atoms with Gasteiger partial charge in [0.2, 0.25) is 0 Å². The molecular formula is C13H11BrN2O4S. The second-order valence-electron chi connectivity index (χ2n) is 3.95. The van der Waals surface area contributed by atoms with Gasteiger partial charge in [0.15, 0.2) is 5.16 Å². The van der Waals surface area contributed by atoms with E-state index in [1.807, 2.05) is 6.07 Å². The van der Waals surface area contributed by atoms with E-state index in [0.717, 1.165) is 16.2 Å². The van der Waals surface area contributed by atoms with Crippen LogP contribution in [0.1, 0.15) is 0 Å². The van der Waals surface area contributed by atoms with Gasteiger partial charge in [0.05, 0.1) is 18.6 Å². The van der Waals surface area contributed by atoms with E-state index in [9.17, 15) is 9.59 Å². The molecule has 1 aromatic carbocycles. The summed E-state index contributed by atoms with van der Waals surface area (Å²) in [5.74, 6) is -0.523. The number of rotatable bonds is 5. The topological polar surface area (TPSA) is 81.4 Å². The number of aromatic nitrogens is 2. The summed E-state index contributed by atoms with van der Waals surface area (Å²) in [7, 11) is 1.55. The zero-order valence-electron chi connectivity index (χ0n) is 10.9. The number of carboxylic acids is 1. The van der Waals surface area contributed by atoms with Crippen LogP contribution in [0.3, 0.4) is 0 Å². The first-order valence-electron chi connectivity index (χ1n) is 5.79. The standard InChI is InChI=1S/C13H11BrN2O4S/c1-20-10-5-8(14)4-9(6-10)16-3-2-11(17)15-13(16)21-7-12(18)19/h2-6H,7H2,1H3,(H,18,19). The zero-order chi connectivity index (χ0) is 15.4. The molecule has 1 N–H and O–H groups in total. The molecule has 0 atom stereocenters. The Labute approximate surface area is 132 Å². The third-order valence-corrected chi connectivity index (χ3v) is 3.87. The van der Waals surface area contributed by atoms with Crippen molar-refractivity contribution in [3.8, 4) is 11.4 Å². The molecule has 0 saturated carbocycles. The summed E-state index contributed by atoms with van der Waals surface area (Å²) in [6, 6.07) is 6.70. The number of hydrogen-bond donors (Lipinski definition) is 1. The normalized spacial score (nSPS) is 10.4. The van der Waals surface area contributed by atoms with E-state index in [1.54, 1.807) is 30.0 Å². The second-order valence-corrected chi connectivity index (χ2v) is 5.81. The first-order valence-corrected chi connectivity index (χ1v) is 7.56. The van der Waals surface area contributed by atoms with Crippen LogP contribution in [0.5, 0.6) is 5.75 Å². The lowest BCUT2D eigenvalue weighted by Crippen LogP contribution is -2.13. The number of ether oxygens (including phenoxy) is 1. The summed E-state index contributed by atoms with van der Waals surface area (Å²) in [6.45, 7) is 0. The van der Waals surface area contributed by atoms with Crippen LogP contribution in [0.4, 0.5) is 0 Å². The van der Waals surface area contributed by atoms with Gasteiger partial charge >= 0.3 is 5.97 Å². The second kappa shape index (κ2) is 6.77. The molecular weight excluding hydrogens is 360 g/mol. The maximum Gasteiger partial charge on any atom is 0.313 e. The monoisotopic (exact) mass is 370 g/mol. The molecule has 1 aromatic heterocycles. The van der Waals surface area contributed by atoms with E-state index in [2.05, 4.69) is 20.9 Å². The largest absolute Gasteiger partial charge is 0.497 e. The molecule has 0 aliphatic carbocycles. The summed E-state index contributed by atoms with van der Waals surface area (Å²) in [6.07, 6.45) is 1.56. The van der Waals surface area contributed by atoms with Gasteiger partial charge in [0, 0.05) is 22.8 Å². The first-order chi connectivity index (χ1) is 9.99. The molecule has 0 saturated heterocycles. The van der Waals surface area contributed by atoms with Crippen LogP contribution in [0.25, 0.3) is 5.69 Å². The Morgan fingerprint density at radius 1 is 1.48 bits per heavy atom. The molecule has 21 heavy (non-hydrogen) atoms. The van der Waals surface area contributed by atoms with Crippen molar-refractivity contribution in [3.63, 3.8) is 0 Å². The Morgan fingerprint density at radius 2 is 2.24 bits per heavy atom. The Hall–Kier alpha value is -1.80. The average molecular weight is 371 g/mol. The fourth-order valence-electron chi connectivity index (χ4n) is 1.62. The molecule has 0 aliphatic heterocycles. The Kier molecular flexibility index (Phi) is 5.03. The van der Waals surface area contributed by atoms with Gasteiger partial charge in [0.1, 0.15) is 5.75 Å². The Bertz CT molecular complexity index is 732. The van der Waals surface area contributed by atoms with Crippen LogP contribution in [0.15, 0.2) is 44.9 Å². The fraction of sp³-hybridized carbons (Fsp3) is 0.154. The van der Waals surface area contributed by atoms with Gasteiger partial charge in [-0.2, -0.15) is 4.98 Å². The van der Waals surface area contributed by atoms with E-state index in [1.165, 1.54) is 6.07 Å². The molecule has 0 aliphatic rings. The van der Waals surface area contributed by atoms with Gasteiger partial charge in [-0.05, 0) is 12.1 Å². The lowest BCUT2D eigenvalue weighted by Gasteiger charge is -2.12. The zero-order valence-corrected chi connectivity index (χ0v) is 13.3. The number of thioether (sulfide) groups is 1. The highest BCUT2D eigenvalue weighted by Crippen LogP contribution is 2.26. The molecule has 0 amide bonds. The molecule has 2 rings (SSSR count). The molecule has 0 bridgehead atoms. The summed E-state index contributed by atoms with van der Waals surface area (Å²) in [5, 5.41) is 9.08. The minimum atomic E-state index is -0.975. The van der Waals surface area contributed by atoms with Crippen molar-refractivity contribution in [2.45, 2.75) is 5.16 Å². The summed E-state index contributed by atoms with van der Waals surface area (Å²) < 4.78 is 7.63. The third-order valence-electron chi connectivity index (χ3n) is 2.47. The van der Waals surface area contributed by atoms with E-state index in [0.29, 0.717) is 16.6 Å². The van der Waals surface area contributed by atoms with Crippen LogP contribution in [-0.2, 0) is 4.79 Å². The van der Waals surface area contributed by atoms with E-state index in [-0.39, 0.29) is 5.75 Å². The van der Waals surface area contributed by atoms with Crippen molar-refractivity contribution >= 4 is 33.7 Å². The highest BCUT2D eigenvalue weighted by molar-refractivity contribution is 9.10. The summed E-state index contributed by atoms with van der Waals surface area (Å²) >= 11 is 4.36. The minimum absolute atomic E-state index is 0.179. The minimum Gasteiger partial charge on any atom is -0.497 e. The Morgan fingerprint density at radius 3 is 2.90 bits per heavy atom. The number of methoxy groups -OCH3 is 1. The molecule has 2 aromatic rings. The SMILES string of the molecule is COc1cc(Br)cc(-n2ccc(=O)nc2SCC(=O)O)c1. The number of halogens is 1.